The van der Waals surface area contributed by atoms with Crippen LogP contribution in [-0.4, -0.2) is 35.7 Å². The second kappa shape index (κ2) is 15.5. The molecule has 1 heterocycles. The number of benzene rings is 5. The molecule has 3 N–H and O–H groups in total. The average Bonchev–Trinajstić information content (AvgIpc) is 3.50. The molecule has 0 saturated carbocycles. The molecule has 250 valence electrons. The number of halogens is 3. The Bertz CT molecular complexity index is 1900. The van der Waals surface area contributed by atoms with Gasteiger partial charge in [-0.15, -0.1) is 0 Å². The molecule has 0 spiro atoms. The molecule has 0 unspecified atom stereocenters. The van der Waals surface area contributed by atoms with Crippen molar-refractivity contribution >= 4 is 27.7 Å². The van der Waals surface area contributed by atoms with Crippen molar-refractivity contribution in [1.82, 2.24) is 10.9 Å². The number of aliphatic hydroxyl groups is 1. The van der Waals surface area contributed by atoms with E-state index in [4.69, 9.17) is 19.6 Å². The van der Waals surface area contributed by atoms with Crippen LogP contribution in [0, 0.1) is 11.6 Å². The number of carbonyl (C=O) groups excluding carboxylic acids is 1. The Morgan fingerprint density at radius 3 is 2.20 bits per heavy atom. The van der Waals surface area contributed by atoms with Gasteiger partial charge in [0.2, 0.25) is 5.90 Å². The van der Waals surface area contributed by atoms with Crippen molar-refractivity contribution in [3.8, 4) is 16.9 Å². The fourth-order valence-electron chi connectivity index (χ4n) is 5.74. The number of amides is 1. The Balaban J connectivity index is 1.38. The van der Waals surface area contributed by atoms with E-state index in [1.807, 2.05) is 91.0 Å². The molecule has 7 nitrogen and oxygen atoms in total. The smallest absolute Gasteiger partial charge is 0.266 e. The van der Waals surface area contributed by atoms with E-state index in [1.54, 1.807) is 12.1 Å². The first-order valence-corrected chi connectivity index (χ1v) is 16.6. The predicted molar refractivity (Wildman–Crippen MR) is 188 cm³/mol. The predicted octanol–water partition coefficient (Wildman–Crippen LogP) is 7.48. The maximum Gasteiger partial charge on any atom is 0.266 e. The zero-order valence-corrected chi connectivity index (χ0v) is 28.0. The quantitative estimate of drug-likeness (QED) is 0.0866. The van der Waals surface area contributed by atoms with Gasteiger partial charge in [-0.25, -0.2) is 19.2 Å². The second-order valence-electron chi connectivity index (χ2n) is 11.6. The lowest BCUT2D eigenvalue weighted by Gasteiger charge is -2.31. The molecule has 0 bridgehead atoms. The van der Waals surface area contributed by atoms with Gasteiger partial charge < -0.3 is 14.6 Å². The summed E-state index contributed by atoms with van der Waals surface area (Å²) in [6, 6.07) is 35.8. The molecule has 10 heteroatoms. The molecule has 0 saturated heterocycles. The lowest BCUT2D eigenvalue weighted by molar-refractivity contribution is -0.130. The number of rotatable bonds is 13. The molecular formula is C39H34BrF2N3O4. The van der Waals surface area contributed by atoms with Gasteiger partial charge in [0.05, 0.1) is 6.61 Å². The van der Waals surface area contributed by atoms with Gasteiger partial charge in [0.25, 0.3) is 5.91 Å². The molecule has 0 aliphatic carbocycles. The minimum Gasteiger partial charge on any atom is -0.494 e. The van der Waals surface area contributed by atoms with Crippen LogP contribution in [0.5, 0.6) is 5.75 Å². The van der Waals surface area contributed by atoms with E-state index in [2.05, 4.69) is 26.8 Å². The van der Waals surface area contributed by atoms with Crippen LogP contribution in [0.15, 0.2) is 131 Å². The van der Waals surface area contributed by atoms with Crippen LogP contribution in [-0.2, 0) is 22.5 Å². The third-order valence-corrected chi connectivity index (χ3v) is 8.96. The topological polar surface area (TPSA) is 92.2 Å². The van der Waals surface area contributed by atoms with E-state index in [9.17, 15) is 13.6 Å². The molecular weight excluding hydrogens is 692 g/mol. The highest BCUT2D eigenvalue weighted by Gasteiger charge is 2.53. The highest BCUT2D eigenvalue weighted by Crippen LogP contribution is 2.43. The van der Waals surface area contributed by atoms with Gasteiger partial charge in [-0.2, -0.15) is 0 Å². The Labute approximate surface area is 291 Å². The number of nitrogens with one attached hydrogen (secondary N) is 2. The minimum atomic E-state index is -1.51. The van der Waals surface area contributed by atoms with Crippen molar-refractivity contribution in [2.75, 3.05) is 13.2 Å². The molecule has 6 rings (SSSR count). The summed E-state index contributed by atoms with van der Waals surface area (Å²) in [5.41, 5.74) is 8.68. The van der Waals surface area contributed by atoms with Crippen LogP contribution in [0.4, 0.5) is 8.78 Å². The van der Waals surface area contributed by atoms with Gasteiger partial charge in [0, 0.05) is 42.1 Å². The summed E-state index contributed by atoms with van der Waals surface area (Å²) in [6.45, 7) is 0.377. The first kappa shape index (κ1) is 34.0. The Morgan fingerprint density at radius 1 is 0.857 bits per heavy atom. The van der Waals surface area contributed by atoms with Crippen LogP contribution in [0.3, 0.4) is 0 Å². The van der Waals surface area contributed by atoms with E-state index in [1.165, 1.54) is 12.1 Å². The number of aliphatic imine (C=N–C) groups is 1. The number of hydrazine groups is 1. The van der Waals surface area contributed by atoms with Crippen LogP contribution in [0.2, 0.25) is 0 Å². The normalized spacial score (nSPS) is 16.9. The molecule has 2 atom stereocenters. The van der Waals surface area contributed by atoms with E-state index in [0.717, 1.165) is 32.8 Å². The zero-order valence-electron chi connectivity index (χ0n) is 26.4. The highest BCUT2D eigenvalue weighted by atomic mass is 79.9. The van der Waals surface area contributed by atoms with Crippen LogP contribution < -0.4 is 15.6 Å². The SMILES string of the molecule is O=C(NNCc1cc(F)cc(F)c1)[C@@]1(Cc2ccccc2Br)N=C(c2ccc(OCCCO)cc2)O[C@H]1c1ccc(-c2ccccc2)cc1. The highest BCUT2D eigenvalue weighted by molar-refractivity contribution is 9.10. The number of nitrogens with zero attached hydrogens (tertiary/aromatic N) is 1. The Hall–Kier alpha value is -4.90. The first-order valence-electron chi connectivity index (χ1n) is 15.8. The largest absolute Gasteiger partial charge is 0.494 e. The minimum absolute atomic E-state index is 0.0306. The number of hydrogen-bond donors (Lipinski definition) is 3. The molecule has 1 aliphatic rings. The molecule has 0 aromatic heterocycles. The van der Waals surface area contributed by atoms with Gasteiger partial charge in [0.15, 0.2) is 11.6 Å². The second-order valence-corrected chi connectivity index (χ2v) is 12.5. The van der Waals surface area contributed by atoms with Crippen molar-refractivity contribution in [3.63, 3.8) is 0 Å². The van der Waals surface area contributed by atoms with Gasteiger partial charge in [-0.05, 0) is 70.3 Å². The monoisotopic (exact) mass is 725 g/mol. The number of ether oxygens (including phenoxy) is 2. The van der Waals surface area contributed by atoms with E-state index in [-0.39, 0.29) is 25.5 Å². The summed E-state index contributed by atoms with van der Waals surface area (Å²) < 4.78 is 40.9. The van der Waals surface area contributed by atoms with Gasteiger partial charge >= 0.3 is 0 Å². The standard InChI is InChI=1S/C39H34BrF2N3O4/c40-35-10-5-4-9-31(35)24-39(38(47)45-43-25-26-21-32(41)23-33(42)22-26)36(29-13-11-28(12-14-29)27-7-2-1-3-8-27)49-37(44-39)30-15-17-34(18-16-30)48-20-6-19-46/h1-5,7-18,21-23,36,43,46H,6,19-20,24-25H2,(H,45,47)/t36-,39-/m0/s1. The summed E-state index contributed by atoms with van der Waals surface area (Å²) in [6.07, 6.45) is -0.182. The molecule has 0 radical (unpaired) electrons. The Kier molecular flexibility index (Phi) is 10.8. The molecule has 1 amide bonds. The number of aliphatic hydroxyl groups excluding tert-OH is 1. The van der Waals surface area contributed by atoms with Crippen molar-refractivity contribution in [1.29, 1.82) is 0 Å². The fraction of sp³-hybridized carbons (Fsp3) is 0.179. The third-order valence-electron chi connectivity index (χ3n) is 8.19. The average molecular weight is 727 g/mol. The zero-order chi connectivity index (χ0) is 34.2. The van der Waals surface area contributed by atoms with Crippen molar-refractivity contribution in [3.05, 3.63) is 160 Å². The summed E-state index contributed by atoms with van der Waals surface area (Å²) in [5.74, 6) is -1.02. The lowest BCUT2D eigenvalue weighted by atomic mass is 9.82. The molecule has 0 fully saturated rings. The van der Waals surface area contributed by atoms with Crippen molar-refractivity contribution in [2.24, 2.45) is 4.99 Å². The van der Waals surface area contributed by atoms with Crippen LogP contribution in [0.25, 0.3) is 11.1 Å². The molecule has 5 aromatic carbocycles. The van der Waals surface area contributed by atoms with E-state index < -0.39 is 29.2 Å². The van der Waals surface area contributed by atoms with E-state index in [0.29, 0.717) is 29.9 Å². The van der Waals surface area contributed by atoms with E-state index >= 15 is 0 Å². The van der Waals surface area contributed by atoms with Crippen molar-refractivity contribution in [2.45, 2.75) is 31.0 Å². The maximum atomic E-state index is 14.5. The van der Waals surface area contributed by atoms with Crippen molar-refractivity contribution < 1.29 is 28.2 Å². The Morgan fingerprint density at radius 2 is 1.51 bits per heavy atom. The van der Waals surface area contributed by atoms with Crippen LogP contribution in [0.1, 0.15) is 34.8 Å². The van der Waals surface area contributed by atoms with Gasteiger partial charge in [0.1, 0.15) is 17.4 Å². The van der Waals surface area contributed by atoms with Gasteiger partial charge in [-0.3, -0.25) is 10.2 Å². The summed E-state index contributed by atoms with van der Waals surface area (Å²) in [7, 11) is 0. The third kappa shape index (κ3) is 8.05. The van der Waals surface area contributed by atoms with Crippen LogP contribution >= 0.6 is 15.9 Å². The maximum absolute atomic E-state index is 14.5. The molecule has 5 aromatic rings. The summed E-state index contributed by atoms with van der Waals surface area (Å²) in [5, 5.41) is 9.09. The lowest BCUT2D eigenvalue weighted by Crippen LogP contribution is -2.53. The summed E-state index contributed by atoms with van der Waals surface area (Å²) >= 11 is 3.64. The molecule has 49 heavy (non-hydrogen) atoms. The fourth-order valence-corrected chi connectivity index (χ4v) is 6.17. The van der Waals surface area contributed by atoms with Gasteiger partial charge in [-0.1, -0.05) is 88.7 Å². The number of carbonyl (C=O) groups is 1. The molecule has 1 aliphatic heterocycles. The summed E-state index contributed by atoms with van der Waals surface area (Å²) in [4.78, 5) is 19.5. The number of hydrogen-bond acceptors (Lipinski definition) is 6. The first-order chi connectivity index (χ1) is 23.8.